The number of aryl methyl sites for hydroxylation is 2. The standard InChI is InChI=1S/C15H19N3O2S/c1-2-16-14-12-9-4-3-5-11(9)21-15(12)18-13(17-14)10-8-19-6-7-20-10/h10H,2-8H2,1H3,(H,16,17,18). The van der Waals surface area contributed by atoms with Crippen molar-refractivity contribution >= 4 is 27.4 Å². The number of hydrogen-bond donors (Lipinski definition) is 1. The summed E-state index contributed by atoms with van der Waals surface area (Å²) in [6.45, 7) is 4.77. The summed E-state index contributed by atoms with van der Waals surface area (Å²) in [6.07, 6.45) is 3.45. The first-order valence-electron chi connectivity index (χ1n) is 7.62. The van der Waals surface area contributed by atoms with Crippen molar-refractivity contribution in [3.05, 3.63) is 16.3 Å². The Morgan fingerprint density at radius 3 is 3.05 bits per heavy atom. The maximum absolute atomic E-state index is 5.75. The fraction of sp³-hybridized carbons (Fsp3) is 0.600. The highest BCUT2D eigenvalue weighted by molar-refractivity contribution is 7.19. The number of hydrogen-bond acceptors (Lipinski definition) is 6. The molecule has 1 unspecified atom stereocenters. The van der Waals surface area contributed by atoms with Crippen molar-refractivity contribution in [2.45, 2.75) is 32.3 Å². The molecular weight excluding hydrogens is 286 g/mol. The van der Waals surface area contributed by atoms with Gasteiger partial charge in [0.2, 0.25) is 0 Å². The summed E-state index contributed by atoms with van der Waals surface area (Å²) < 4.78 is 11.2. The normalized spacial score (nSPS) is 21.7. The Morgan fingerprint density at radius 1 is 1.29 bits per heavy atom. The van der Waals surface area contributed by atoms with E-state index in [9.17, 15) is 0 Å². The Kier molecular flexibility index (Phi) is 3.52. The van der Waals surface area contributed by atoms with Crippen LogP contribution >= 0.6 is 11.3 Å². The minimum Gasteiger partial charge on any atom is -0.376 e. The predicted octanol–water partition coefficient (Wildman–Crippen LogP) is 2.70. The second-order valence-electron chi connectivity index (χ2n) is 5.43. The number of thiophene rings is 1. The van der Waals surface area contributed by atoms with E-state index < -0.39 is 0 Å². The lowest BCUT2D eigenvalue weighted by Gasteiger charge is -2.22. The molecule has 5 nitrogen and oxygen atoms in total. The van der Waals surface area contributed by atoms with Crippen LogP contribution in [0.3, 0.4) is 0 Å². The lowest BCUT2D eigenvalue weighted by atomic mass is 10.2. The fourth-order valence-corrected chi connectivity index (χ4v) is 4.36. The molecule has 2 aliphatic rings. The molecule has 0 saturated carbocycles. The first kappa shape index (κ1) is 13.4. The molecule has 3 heterocycles. The third kappa shape index (κ3) is 2.31. The first-order chi connectivity index (χ1) is 10.4. The molecule has 0 bridgehead atoms. The van der Waals surface area contributed by atoms with Crippen LogP contribution in [0.15, 0.2) is 0 Å². The molecule has 112 valence electrons. The Balaban J connectivity index is 1.82. The van der Waals surface area contributed by atoms with Crippen molar-refractivity contribution in [2.24, 2.45) is 0 Å². The number of fused-ring (bicyclic) bond motifs is 3. The summed E-state index contributed by atoms with van der Waals surface area (Å²) in [4.78, 5) is 12.1. The first-order valence-corrected chi connectivity index (χ1v) is 8.44. The molecule has 0 aromatic carbocycles. The quantitative estimate of drug-likeness (QED) is 0.945. The molecule has 2 aromatic rings. The number of ether oxygens (including phenoxy) is 2. The van der Waals surface area contributed by atoms with E-state index >= 15 is 0 Å². The third-order valence-electron chi connectivity index (χ3n) is 4.03. The van der Waals surface area contributed by atoms with Gasteiger partial charge in [0, 0.05) is 11.4 Å². The number of rotatable bonds is 3. The number of aromatic nitrogens is 2. The zero-order valence-corrected chi connectivity index (χ0v) is 13.0. The number of anilines is 1. The van der Waals surface area contributed by atoms with E-state index in [2.05, 4.69) is 12.2 Å². The van der Waals surface area contributed by atoms with Gasteiger partial charge in [0.15, 0.2) is 5.82 Å². The van der Waals surface area contributed by atoms with Crippen molar-refractivity contribution in [1.82, 2.24) is 9.97 Å². The average Bonchev–Trinajstić information content (AvgIpc) is 3.08. The van der Waals surface area contributed by atoms with Crippen LogP contribution in [0.2, 0.25) is 0 Å². The molecule has 1 aliphatic carbocycles. The highest BCUT2D eigenvalue weighted by atomic mass is 32.1. The maximum atomic E-state index is 5.75. The van der Waals surface area contributed by atoms with Crippen molar-refractivity contribution in [1.29, 1.82) is 0 Å². The topological polar surface area (TPSA) is 56.3 Å². The van der Waals surface area contributed by atoms with Gasteiger partial charge in [0.1, 0.15) is 16.8 Å². The van der Waals surface area contributed by atoms with Gasteiger partial charge in [0.25, 0.3) is 0 Å². The van der Waals surface area contributed by atoms with Gasteiger partial charge >= 0.3 is 0 Å². The molecule has 0 spiro atoms. The molecular formula is C15H19N3O2S. The molecule has 21 heavy (non-hydrogen) atoms. The second-order valence-corrected chi connectivity index (χ2v) is 6.52. The molecule has 1 saturated heterocycles. The van der Waals surface area contributed by atoms with Gasteiger partial charge in [0.05, 0.1) is 25.2 Å². The van der Waals surface area contributed by atoms with E-state index in [4.69, 9.17) is 19.4 Å². The smallest absolute Gasteiger partial charge is 0.163 e. The Morgan fingerprint density at radius 2 is 2.24 bits per heavy atom. The third-order valence-corrected chi connectivity index (χ3v) is 5.22. The molecule has 6 heteroatoms. The lowest BCUT2D eigenvalue weighted by molar-refractivity contribution is -0.0933. The summed E-state index contributed by atoms with van der Waals surface area (Å²) in [5, 5.41) is 4.64. The summed E-state index contributed by atoms with van der Waals surface area (Å²) in [5.74, 6) is 1.71. The lowest BCUT2D eigenvalue weighted by Crippen LogP contribution is -2.24. The Bertz CT molecular complexity index is 664. The number of nitrogens with one attached hydrogen (secondary N) is 1. The Hall–Kier alpha value is -1.24. The zero-order valence-electron chi connectivity index (χ0n) is 12.1. The maximum Gasteiger partial charge on any atom is 0.163 e. The molecule has 1 atom stereocenters. The van der Waals surface area contributed by atoms with Crippen LogP contribution in [0.4, 0.5) is 5.82 Å². The van der Waals surface area contributed by atoms with Gasteiger partial charge in [-0.2, -0.15) is 0 Å². The van der Waals surface area contributed by atoms with Gasteiger partial charge in [-0.25, -0.2) is 9.97 Å². The van der Waals surface area contributed by atoms with Crippen molar-refractivity contribution in [3.8, 4) is 0 Å². The average molecular weight is 305 g/mol. The molecule has 1 aliphatic heterocycles. The highest BCUT2D eigenvalue weighted by Crippen LogP contribution is 2.40. The van der Waals surface area contributed by atoms with Crippen LogP contribution in [-0.2, 0) is 22.3 Å². The van der Waals surface area contributed by atoms with Gasteiger partial charge in [-0.05, 0) is 31.7 Å². The van der Waals surface area contributed by atoms with E-state index in [0.29, 0.717) is 19.8 Å². The van der Waals surface area contributed by atoms with Gasteiger partial charge in [-0.15, -0.1) is 11.3 Å². The summed E-state index contributed by atoms with van der Waals surface area (Å²) in [7, 11) is 0. The van der Waals surface area contributed by atoms with Gasteiger partial charge in [-0.3, -0.25) is 0 Å². The Labute approximate surface area is 127 Å². The monoisotopic (exact) mass is 305 g/mol. The highest BCUT2D eigenvalue weighted by Gasteiger charge is 2.25. The summed E-state index contributed by atoms with van der Waals surface area (Å²) in [6, 6.07) is 0. The summed E-state index contributed by atoms with van der Waals surface area (Å²) >= 11 is 1.82. The zero-order chi connectivity index (χ0) is 14.2. The molecule has 2 aromatic heterocycles. The van der Waals surface area contributed by atoms with Crippen LogP contribution in [0, 0.1) is 0 Å². The molecule has 4 rings (SSSR count). The van der Waals surface area contributed by atoms with Crippen LogP contribution in [-0.4, -0.2) is 36.3 Å². The van der Waals surface area contributed by atoms with Crippen molar-refractivity contribution < 1.29 is 9.47 Å². The van der Waals surface area contributed by atoms with Crippen LogP contribution in [0.25, 0.3) is 10.2 Å². The minimum atomic E-state index is -0.141. The van der Waals surface area contributed by atoms with E-state index in [-0.39, 0.29) is 6.10 Å². The second kappa shape index (κ2) is 5.51. The molecule has 0 radical (unpaired) electrons. The van der Waals surface area contributed by atoms with E-state index in [1.54, 1.807) is 0 Å². The van der Waals surface area contributed by atoms with Gasteiger partial charge in [-0.1, -0.05) is 0 Å². The van der Waals surface area contributed by atoms with Crippen molar-refractivity contribution in [3.63, 3.8) is 0 Å². The SMILES string of the molecule is CCNc1nc(C2COCCO2)nc2sc3c(c12)CCC3. The van der Waals surface area contributed by atoms with Crippen LogP contribution < -0.4 is 5.32 Å². The number of nitrogens with zero attached hydrogens (tertiary/aromatic N) is 2. The molecule has 1 N–H and O–H groups in total. The van der Waals surface area contributed by atoms with Crippen LogP contribution in [0.5, 0.6) is 0 Å². The molecule has 1 fully saturated rings. The molecule has 0 amide bonds. The van der Waals surface area contributed by atoms with Gasteiger partial charge < -0.3 is 14.8 Å². The predicted molar refractivity (Wildman–Crippen MR) is 83.1 cm³/mol. The fourth-order valence-electron chi connectivity index (χ4n) is 3.09. The van der Waals surface area contributed by atoms with E-state index in [1.807, 2.05) is 11.3 Å². The van der Waals surface area contributed by atoms with Crippen LogP contribution in [0.1, 0.15) is 35.7 Å². The van der Waals surface area contributed by atoms with Crippen molar-refractivity contribution in [2.75, 3.05) is 31.7 Å². The minimum absolute atomic E-state index is 0.141. The van der Waals surface area contributed by atoms with E-state index in [0.717, 1.165) is 29.4 Å². The largest absolute Gasteiger partial charge is 0.376 e. The summed E-state index contributed by atoms with van der Waals surface area (Å²) in [5.41, 5.74) is 1.46. The van der Waals surface area contributed by atoms with E-state index in [1.165, 1.54) is 28.7 Å².